The van der Waals surface area contributed by atoms with Crippen molar-refractivity contribution >= 4 is 11.8 Å². The highest BCUT2D eigenvalue weighted by Crippen LogP contribution is 2.60. The number of fused-ring (bicyclic) bond motifs is 2. The molecule has 0 aromatic carbocycles. The van der Waals surface area contributed by atoms with Crippen molar-refractivity contribution in [1.29, 1.82) is 0 Å². The lowest BCUT2D eigenvalue weighted by molar-refractivity contribution is -0.139. The number of ketones is 1. The van der Waals surface area contributed by atoms with E-state index in [0.717, 1.165) is 6.42 Å². The van der Waals surface area contributed by atoms with Gasteiger partial charge in [-0.15, -0.1) is 0 Å². The molecule has 0 amide bonds. The van der Waals surface area contributed by atoms with E-state index in [-0.39, 0.29) is 22.7 Å². The van der Waals surface area contributed by atoms with Gasteiger partial charge in [-0.05, 0) is 23.7 Å². The van der Waals surface area contributed by atoms with E-state index in [4.69, 9.17) is 5.11 Å². The van der Waals surface area contributed by atoms with Crippen molar-refractivity contribution < 1.29 is 19.8 Å². The quantitative estimate of drug-likeness (QED) is 0.508. The van der Waals surface area contributed by atoms with E-state index in [1.807, 2.05) is 13.8 Å². The smallest absolute Gasteiger partial charge is 0.371 e. The topological polar surface area (TPSA) is 74.6 Å². The molecule has 3 saturated carbocycles. The third-order valence-electron chi connectivity index (χ3n) is 4.01. The van der Waals surface area contributed by atoms with Gasteiger partial charge in [0.05, 0.1) is 0 Å². The van der Waals surface area contributed by atoms with Gasteiger partial charge in [-0.3, -0.25) is 4.79 Å². The summed E-state index contributed by atoms with van der Waals surface area (Å²) < 4.78 is 0. The van der Waals surface area contributed by atoms with Crippen molar-refractivity contribution in [3.63, 3.8) is 0 Å². The molecule has 4 nitrogen and oxygen atoms in total. The molecule has 82 valence electrons. The van der Waals surface area contributed by atoms with Crippen LogP contribution in [0.25, 0.3) is 0 Å². The molecule has 0 saturated heterocycles. The Hall–Kier alpha value is -1.32. The number of carbonyl (C=O) groups excluding carboxylic acids is 1. The predicted molar refractivity (Wildman–Crippen MR) is 52.3 cm³/mol. The maximum Gasteiger partial charge on any atom is 0.371 e. The van der Waals surface area contributed by atoms with Gasteiger partial charge in [-0.1, -0.05) is 13.8 Å². The van der Waals surface area contributed by atoms with Gasteiger partial charge >= 0.3 is 5.97 Å². The van der Waals surface area contributed by atoms with Crippen LogP contribution in [0.4, 0.5) is 0 Å². The maximum absolute atomic E-state index is 11.6. The molecule has 0 aliphatic heterocycles. The molecular formula is C11H14O4. The van der Waals surface area contributed by atoms with Crippen molar-refractivity contribution in [2.24, 2.45) is 17.3 Å². The van der Waals surface area contributed by atoms with Crippen LogP contribution in [0.5, 0.6) is 0 Å². The summed E-state index contributed by atoms with van der Waals surface area (Å²) in [7, 11) is 0. The average molecular weight is 210 g/mol. The molecule has 0 spiro atoms. The summed E-state index contributed by atoms with van der Waals surface area (Å²) in [6, 6.07) is 0. The predicted octanol–water partition coefficient (Wildman–Crippen LogP) is 1.52. The molecule has 0 heterocycles. The summed E-state index contributed by atoms with van der Waals surface area (Å²) in [4.78, 5) is 22.2. The van der Waals surface area contributed by atoms with E-state index in [1.54, 1.807) is 0 Å². The fraction of sp³-hybridized carbons (Fsp3) is 0.636. The van der Waals surface area contributed by atoms with Crippen LogP contribution >= 0.6 is 0 Å². The first kappa shape index (κ1) is 10.2. The van der Waals surface area contributed by atoms with Gasteiger partial charge in [0.2, 0.25) is 5.76 Å². The highest BCUT2D eigenvalue weighted by Gasteiger charge is 2.56. The Morgan fingerprint density at radius 2 is 2.00 bits per heavy atom. The summed E-state index contributed by atoms with van der Waals surface area (Å²) >= 11 is 0. The molecule has 2 atom stereocenters. The number of aliphatic hydroxyl groups is 1. The number of carboxylic acid groups (broad SMARTS) is 1. The summed E-state index contributed by atoms with van der Waals surface area (Å²) in [5.74, 6) is -2.09. The zero-order valence-corrected chi connectivity index (χ0v) is 8.78. The lowest BCUT2D eigenvalue weighted by Gasteiger charge is -2.56. The van der Waals surface area contributed by atoms with E-state index < -0.39 is 11.7 Å². The van der Waals surface area contributed by atoms with Gasteiger partial charge in [0.15, 0.2) is 5.78 Å². The zero-order chi connectivity index (χ0) is 11.4. The number of allylic oxidation sites excluding steroid dienone is 1. The Balaban J connectivity index is 2.44. The number of aliphatic carboxylic acids is 1. The van der Waals surface area contributed by atoms with Gasteiger partial charge in [0.25, 0.3) is 0 Å². The summed E-state index contributed by atoms with van der Waals surface area (Å²) in [5, 5.41) is 18.1. The number of Topliss-reactive ketones (excluding diaryl/α,β-unsaturated/α-hetero) is 1. The van der Waals surface area contributed by atoms with E-state index in [9.17, 15) is 14.7 Å². The van der Waals surface area contributed by atoms with E-state index >= 15 is 0 Å². The Morgan fingerprint density at radius 1 is 1.40 bits per heavy atom. The lowest BCUT2D eigenvalue weighted by atomic mass is 9.47. The second-order valence-corrected chi connectivity index (χ2v) is 5.00. The zero-order valence-electron chi connectivity index (χ0n) is 8.78. The van der Waals surface area contributed by atoms with Crippen molar-refractivity contribution in [2.75, 3.05) is 0 Å². The first-order valence-corrected chi connectivity index (χ1v) is 5.05. The monoisotopic (exact) mass is 210 g/mol. The number of carboxylic acids is 1. The summed E-state index contributed by atoms with van der Waals surface area (Å²) in [6.45, 7) is 4.04. The normalized spacial score (nSPS) is 35.7. The molecule has 0 aromatic heterocycles. The molecule has 2 bridgehead atoms. The molecule has 3 fully saturated rings. The summed E-state index contributed by atoms with van der Waals surface area (Å²) in [6.07, 6.45) is 1.20. The Morgan fingerprint density at radius 3 is 2.47 bits per heavy atom. The van der Waals surface area contributed by atoms with Gasteiger partial charge in [-0.25, -0.2) is 4.79 Å². The molecule has 15 heavy (non-hydrogen) atoms. The number of aliphatic hydroxyl groups excluding tert-OH is 1. The minimum Gasteiger partial charge on any atom is -0.502 e. The van der Waals surface area contributed by atoms with Crippen LogP contribution in [-0.2, 0) is 9.59 Å². The minimum absolute atomic E-state index is 0.0489. The SMILES string of the molecule is CC1(C)[C@H]2CC(=O)/C(=C(/O)C(=O)O)[C@@H]1C2. The number of rotatable bonds is 1. The molecular weight excluding hydrogens is 196 g/mol. The van der Waals surface area contributed by atoms with Gasteiger partial charge in [-0.2, -0.15) is 0 Å². The third-order valence-corrected chi connectivity index (χ3v) is 4.01. The largest absolute Gasteiger partial charge is 0.502 e. The van der Waals surface area contributed by atoms with E-state index in [2.05, 4.69) is 0 Å². The molecule has 0 aromatic rings. The molecule has 2 N–H and O–H groups in total. The number of hydrogen-bond acceptors (Lipinski definition) is 3. The first-order valence-electron chi connectivity index (χ1n) is 5.05. The lowest BCUT2D eigenvalue weighted by Crippen LogP contribution is -2.53. The standard InChI is InChI=1S/C11H14O4/c1-11(2)5-3-6(11)8(7(12)4-5)9(13)10(14)15/h5-6,13H,3-4H2,1-2H3,(H,14,15)/b9-8+/t5-,6+/m1/s1. The Bertz CT molecular complexity index is 378. The fourth-order valence-electron chi connectivity index (χ4n) is 2.79. The minimum atomic E-state index is -1.40. The van der Waals surface area contributed by atoms with E-state index in [0.29, 0.717) is 12.3 Å². The van der Waals surface area contributed by atoms with Crippen LogP contribution < -0.4 is 0 Å². The number of hydrogen-bond donors (Lipinski definition) is 2. The Labute approximate surface area is 87.6 Å². The van der Waals surface area contributed by atoms with Crippen LogP contribution in [0.2, 0.25) is 0 Å². The highest BCUT2D eigenvalue weighted by molar-refractivity contribution is 6.04. The molecule has 3 rings (SSSR count). The Kier molecular flexibility index (Phi) is 1.93. The van der Waals surface area contributed by atoms with Crippen LogP contribution in [0.1, 0.15) is 26.7 Å². The third kappa shape index (κ3) is 1.20. The molecule has 0 unspecified atom stereocenters. The molecule has 3 aliphatic rings. The molecule has 3 aliphatic carbocycles. The van der Waals surface area contributed by atoms with E-state index in [1.165, 1.54) is 0 Å². The molecule has 4 heteroatoms. The van der Waals surface area contributed by atoms with Gasteiger partial charge in [0, 0.05) is 12.0 Å². The van der Waals surface area contributed by atoms with Crippen LogP contribution in [-0.4, -0.2) is 22.0 Å². The second-order valence-electron chi connectivity index (χ2n) is 5.00. The van der Waals surface area contributed by atoms with Crippen LogP contribution in [0.3, 0.4) is 0 Å². The summed E-state index contributed by atoms with van der Waals surface area (Å²) in [5.41, 5.74) is 0.0853. The van der Waals surface area contributed by atoms with Crippen LogP contribution in [0.15, 0.2) is 11.3 Å². The van der Waals surface area contributed by atoms with Crippen molar-refractivity contribution in [3.8, 4) is 0 Å². The van der Waals surface area contributed by atoms with Gasteiger partial charge in [0.1, 0.15) is 0 Å². The maximum atomic E-state index is 11.6. The number of carbonyl (C=O) groups is 2. The van der Waals surface area contributed by atoms with Crippen molar-refractivity contribution in [3.05, 3.63) is 11.3 Å². The fourth-order valence-corrected chi connectivity index (χ4v) is 2.79. The van der Waals surface area contributed by atoms with Crippen LogP contribution in [0, 0.1) is 17.3 Å². The second kappa shape index (κ2) is 2.84. The van der Waals surface area contributed by atoms with Crippen molar-refractivity contribution in [2.45, 2.75) is 26.7 Å². The average Bonchev–Trinajstić information content (AvgIpc) is 2.16. The van der Waals surface area contributed by atoms with Crippen molar-refractivity contribution in [1.82, 2.24) is 0 Å². The highest BCUT2D eigenvalue weighted by atomic mass is 16.4. The first-order chi connectivity index (χ1) is 6.85. The molecule has 0 radical (unpaired) electrons. The van der Waals surface area contributed by atoms with Gasteiger partial charge < -0.3 is 10.2 Å².